The van der Waals surface area contributed by atoms with E-state index in [2.05, 4.69) is 5.32 Å². The van der Waals surface area contributed by atoms with E-state index < -0.39 is 4.92 Å². The van der Waals surface area contributed by atoms with E-state index in [1.165, 1.54) is 12.1 Å². The molecule has 1 amide bonds. The lowest BCUT2D eigenvalue weighted by Gasteiger charge is -2.07. The molecule has 0 spiro atoms. The third-order valence-electron chi connectivity index (χ3n) is 2.12. The lowest BCUT2D eigenvalue weighted by molar-refractivity contribution is -0.384. The largest absolute Gasteiger partial charge is 0.494 e. The van der Waals surface area contributed by atoms with Crippen molar-refractivity contribution in [2.24, 2.45) is 5.73 Å². The molecule has 0 saturated heterocycles. The summed E-state index contributed by atoms with van der Waals surface area (Å²) in [7, 11) is 0. The molecule has 0 fully saturated rings. The first-order valence-corrected chi connectivity index (χ1v) is 5.49. The van der Waals surface area contributed by atoms with Gasteiger partial charge in [-0.2, -0.15) is 0 Å². The Morgan fingerprint density at radius 3 is 2.83 bits per heavy atom. The number of hydrogen-bond donors (Lipinski definition) is 2. The summed E-state index contributed by atoms with van der Waals surface area (Å²) in [6.07, 6.45) is 0.115. The number of anilines is 1. The van der Waals surface area contributed by atoms with Crippen LogP contribution in [0.1, 0.15) is 13.3 Å². The normalized spacial score (nSPS) is 9.89. The van der Waals surface area contributed by atoms with Gasteiger partial charge in [-0.05, 0) is 19.1 Å². The second-order valence-electron chi connectivity index (χ2n) is 3.46. The molecule has 1 aromatic rings. The first-order chi connectivity index (χ1) is 8.58. The van der Waals surface area contributed by atoms with Gasteiger partial charge in [0.2, 0.25) is 5.91 Å². The molecule has 0 aliphatic rings. The molecule has 3 N–H and O–H groups in total. The topological polar surface area (TPSA) is 107 Å². The van der Waals surface area contributed by atoms with E-state index in [-0.39, 0.29) is 30.2 Å². The highest BCUT2D eigenvalue weighted by Gasteiger charge is 2.16. The summed E-state index contributed by atoms with van der Waals surface area (Å²) < 4.78 is 5.17. The van der Waals surface area contributed by atoms with Crippen molar-refractivity contribution in [3.8, 4) is 5.75 Å². The van der Waals surface area contributed by atoms with Crippen LogP contribution in [0.5, 0.6) is 5.75 Å². The minimum Gasteiger partial charge on any atom is -0.494 e. The minimum atomic E-state index is -0.569. The van der Waals surface area contributed by atoms with Crippen molar-refractivity contribution >= 4 is 17.3 Å². The summed E-state index contributed by atoms with van der Waals surface area (Å²) in [6, 6.07) is 4.29. The average Bonchev–Trinajstić information content (AvgIpc) is 2.31. The Morgan fingerprint density at radius 1 is 1.56 bits per heavy atom. The third kappa shape index (κ3) is 3.70. The maximum atomic E-state index is 11.4. The second kappa shape index (κ2) is 6.55. The molecule has 98 valence electrons. The van der Waals surface area contributed by atoms with Crippen molar-refractivity contribution < 1.29 is 14.5 Å². The highest BCUT2D eigenvalue weighted by atomic mass is 16.6. The van der Waals surface area contributed by atoms with E-state index in [1.54, 1.807) is 13.0 Å². The summed E-state index contributed by atoms with van der Waals surface area (Å²) in [6.45, 7) is 2.38. The van der Waals surface area contributed by atoms with Crippen LogP contribution >= 0.6 is 0 Å². The highest BCUT2D eigenvalue weighted by molar-refractivity contribution is 5.93. The van der Waals surface area contributed by atoms with Gasteiger partial charge < -0.3 is 15.8 Å². The smallest absolute Gasteiger partial charge is 0.296 e. The van der Waals surface area contributed by atoms with Crippen LogP contribution in [-0.2, 0) is 4.79 Å². The molecule has 0 aromatic heterocycles. The van der Waals surface area contributed by atoms with E-state index in [9.17, 15) is 14.9 Å². The summed E-state index contributed by atoms with van der Waals surface area (Å²) in [5, 5.41) is 13.3. The molecule has 1 rings (SSSR count). The SMILES string of the molecule is CCOc1ccc(NC(=O)CCN)c([N+](=O)[O-])c1. The average molecular weight is 253 g/mol. The molecule has 0 aliphatic heterocycles. The van der Waals surface area contributed by atoms with Gasteiger partial charge in [-0.3, -0.25) is 14.9 Å². The zero-order chi connectivity index (χ0) is 13.5. The molecule has 0 bridgehead atoms. The predicted molar refractivity (Wildman–Crippen MR) is 66.6 cm³/mol. The fraction of sp³-hybridized carbons (Fsp3) is 0.364. The molecule has 1 aromatic carbocycles. The van der Waals surface area contributed by atoms with Gasteiger partial charge >= 0.3 is 0 Å². The van der Waals surface area contributed by atoms with Gasteiger partial charge in [-0.25, -0.2) is 0 Å². The molecule has 7 nitrogen and oxygen atoms in total. The monoisotopic (exact) mass is 253 g/mol. The molecule has 0 heterocycles. The zero-order valence-electron chi connectivity index (χ0n) is 10.0. The first-order valence-electron chi connectivity index (χ1n) is 5.49. The lowest BCUT2D eigenvalue weighted by Crippen LogP contribution is -2.16. The molecule has 7 heteroatoms. The number of nitrogens with zero attached hydrogens (tertiary/aromatic N) is 1. The number of carbonyl (C=O) groups is 1. The zero-order valence-corrected chi connectivity index (χ0v) is 10.0. The van der Waals surface area contributed by atoms with E-state index in [0.29, 0.717) is 12.4 Å². The number of carbonyl (C=O) groups excluding carboxylic acids is 1. The van der Waals surface area contributed by atoms with Crippen molar-refractivity contribution in [1.82, 2.24) is 0 Å². The number of nitrogens with one attached hydrogen (secondary N) is 1. The third-order valence-corrected chi connectivity index (χ3v) is 2.12. The summed E-state index contributed by atoms with van der Waals surface area (Å²) in [4.78, 5) is 21.7. The molecule has 0 atom stereocenters. The van der Waals surface area contributed by atoms with Crippen molar-refractivity contribution in [2.45, 2.75) is 13.3 Å². The van der Waals surface area contributed by atoms with Crippen molar-refractivity contribution in [3.05, 3.63) is 28.3 Å². The lowest BCUT2D eigenvalue weighted by atomic mass is 10.2. The standard InChI is InChI=1S/C11H15N3O4/c1-2-18-8-3-4-9(10(7-8)14(16)17)13-11(15)5-6-12/h3-4,7H,2,5-6,12H2,1H3,(H,13,15). The van der Waals surface area contributed by atoms with Crippen LogP contribution in [-0.4, -0.2) is 24.0 Å². The Balaban J connectivity index is 2.96. The fourth-order valence-corrected chi connectivity index (χ4v) is 1.37. The van der Waals surface area contributed by atoms with Crippen molar-refractivity contribution in [3.63, 3.8) is 0 Å². The van der Waals surface area contributed by atoms with E-state index in [0.717, 1.165) is 0 Å². The fourth-order valence-electron chi connectivity index (χ4n) is 1.37. The van der Waals surface area contributed by atoms with E-state index in [4.69, 9.17) is 10.5 Å². The van der Waals surface area contributed by atoms with Crippen LogP contribution in [0, 0.1) is 10.1 Å². The van der Waals surface area contributed by atoms with Gasteiger partial charge in [-0.1, -0.05) is 0 Å². The number of nitrogens with two attached hydrogens (primary N) is 1. The van der Waals surface area contributed by atoms with Crippen LogP contribution in [0.3, 0.4) is 0 Å². The first kappa shape index (κ1) is 13.9. The number of nitro benzene ring substituents is 1. The second-order valence-corrected chi connectivity index (χ2v) is 3.46. The number of rotatable bonds is 6. The van der Waals surface area contributed by atoms with Crippen LogP contribution in [0.15, 0.2) is 18.2 Å². The summed E-state index contributed by atoms with van der Waals surface area (Å²) in [5.74, 6) is 0.0331. The summed E-state index contributed by atoms with van der Waals surface area (Å²) in [5.41, 5.74) is 5.17. The van der Waals surface area contributed by atoms with Crippen LogP contribution in [0.25, 0.3) is 0 Å². The van der Waals surface area contributed by atoms with E-state index in [1.807, 2.05) is 0 Å². The molecular weight excluding hydrogens is 238 g/mol. The molecule has 0 saturated carbocycles. The highest BCUT2D eigenvalue weighted by Crippen LogP contribution is 2.29. The van der Waals surface area contributed by atoms with Crippen molar-refractivity contribution in [2.75, 3.05) is 18.5 Å². The number of hydrogen-bond acceptors (Lipinski definition) is 5. The molecular formula is C11H15N3O4. The minimum absolute atomic E-state index is 0.115. The van der Waals surface area contributed by atoms with Gasteiger partial charge in [0.25, 0.3) is 5.69 Å². The van der Waals surface area contributed by atoms with Gasteiger partial charge in [0, 0.05) is 13.0 Å². The van der Waals surface area contributed by atoms with Gasteiger partial charge in [0.1, 0.15) is 11.4 Å². The molecule has 0 aliphatic carbocycles. The molecule has 0 unspecified atom stereocenters. The van der Waals surface area contributed by atoms with Crippen LogP contribution < -0.4 is 15.8 Å². The predicted octanol–water partition coefficient (Wildman–Crippen LogP) is 1.28. The Morgan fingerprint density at radius 2 is 2.28 bits per heavy atom. The van der Waals surface area contributed by atoms with Crippen molar-refractivity contribution in [1.29, 1.82) is 0 Å². The van der Waals surface area contributed by atoms with Gasteiger partial charge in [-0.15, -0.1) is 0 Å². The number of benzene rings is 1. The van der Waals surface area contributed by atoms with Crippen LogP contribution in [0.2, 0.25) is 0 Å². The number of amides is 1. The van der Waals surface area contributed by atoms with Crippen LogP contribution in [0.4, 0.5) is 11.4 Å². The Kier molecular flexibility index (Phi) is 5.06. The number of nitro groups is 1. The molecule has 0 radical (unpaired) electrons. The van der Waals surface area contributed by atoms with E-state index >= 15 is 0 Å². The molecule has 18 heavy (non-hydrogen) atoms. The van der Waals surface area contributed by atoms with Gasteiger partial charge in [0.05, 0.1) is 17.6 Å². The maximum absolute atomic E-state index is 11.4. The maximum Gasteiger partial charge on any atom is 0.296 e. The Bertz CT molecular complexity index is 448. The Hall–Kier alpha value is -2.15. The summed E-state index contributed by atoms with van der Waals surface area (Å²) >= 11 is 0. The Labute approximate surface area is 104 Å². The number of ether oxygens (including phenoxy) is 1. The quantitative estimate of drug-likeness (QED) is 0.586. The van der Waals surface area contributed by atoms with Gasteiger partial charge in [0.15, 0.2) is 0 Å².